The minimum Gasteiger partial charge on any atom is -0.462 e. The van der Waals surface area contributed by atoms with E-state index >= 15 is 0 Å². The molecule has 22 nitrogen and oxygen atoms in total. The average molecular weight is 1550 g/mol. The summed E-state index contributed by atoms with van der Waals surface area (Å²) in [4.78, 5) is 98.0. The molecule has 0 aromatic carbocycles. The molecule has 0 aromatic rings. The third kappa shape index (κ3) is 71.1. The van der Waals surface area contributed by atoms with Crippen molar-refractivity contribution >= 4 is 51.3 Å². The highest BCUT2D eigenvalue weighted by Crippen LogP contribution is 2.44. The highest BCUT2D eigenvalue weighted by Gasteiger charge is 2.28. The van der Waals surface area contributed by atoms with E-state index in [2.05, 4.69) is 180 Å². The van der Waals surface area contributed by atoms with Crippen molar-refractivity contribution < 1.29 is 94.2 Å². The molecular formula is C85H116N2O20P2. The topological polar surface area (TPSA) is 293 Å². The average Bonchev–Trinajstić information content (AvgIpc) is 0.927. The molecule has 2 amide bonds. The Morgan fingerprint density at radius 1 is 0.321 bits per heavy atom. The summed E-state index contributed by atoms with van der Waals surface area (Å²) in [5.74, 6) is 54.1. The zero-order chi connectivity index (χ0) is 80.0. The highest BCUT2D eigenvalue weighted by atomic mass is 31.2. The summed E-state index contributed by atoms with van der Waals surface area (Å²) in [6.07, 6.45) is 28.5. The quantitative estimate of drug-likeness (QED) is 0.00837. The van der Waals surface area contributed by atoms with E-state index < -0.39 is 96.7 Å². The molecule has 0 aliphatic heterocycles. The van der Waals surface area contributed by atoms with Crippen molar-refractivity contribution in [3.05, 3.63) is 0 Å². The summed E-state index contributed by atoms with van der Waals surface area (Å²) in [7, 11) is -9.79. The van der Waals surface area contributed by atoms with Gasteiger partial charge in [0.25, 0.3) is 0 Å². The fraction of sp³-hybridized carbons (Fsp3) is 0.647. The second-order valence-electron chi connectivity index (χ2n) is 24.9. The van der Waals surface area contributed by atoms with Crippen molar-refractivity contribution in [2.45, 2.75) is 291 Å². The number of phosphoric acid groups is 2. The lowest BCUT2D eigenvalue weighted by atomic mass is 10.1. The fourth-order valence-electron chi connectivity index (χ4n) is 9.77. The largest absolute Gasteiger partial charge is 0.472 e. The number of carbonyl (C=O) groups excluding carboxylic acids is 6. The van der Waals surface area contributed by atoms with Crippen molar-refractivity contribution in [3.63, 3.8) is 0 Å². The summed E-state index contributed by atoms with van der Waals surface area (Å²) >= 11 is 0. The number of amides is 2. The van der Waals surface area contributed by atoms with Crippen LogP contribution < -0.4 is 10.6 Å². The van der Waals surface area contributed by atoms with Crippen LogP contribution in [0.3, 0.4) is 0 Å². The molecular weight excluding hydrogens is 1430 g/mol. The molecule has 24 heteroatoms. The lowest BCUT2D eigenvalue weighted by Gasteiger charge is -2.21. The van der Waals surface area contributed by atoms with Crippen LogP contribution in [-0.4, -0.2) is 136 Å². The predicted octanol–water partition coefficient (Wildman–Crippen LogP) is 13.0. The first-order chi connectivity index (χ1) is 52.9. The zero-order valence-electron chi connectivity index (χ0n) is 65.3. The van der Waals surface area contributed by atoms with Gasteiger partial charge in [-0.25, -0.2) is 18.7 Å². The van der Waals surface area contributed by atoms with Crippen LogP contribution in [0.25, 0.3) is 0 Å². The van der Waals surface area contributed by atoms with Crippen molar-refractivity contribution in [1.82, 2.24) is 10.6 Å². The number of carbonyl (C=O) groups is 6. The van der Waals surface area contributed by atoms with E-state index in [9.17, 15) is 47.7 Å². The van der Waals surface area contributed by atoms with Crippen LogP contribution in [0.1, 0.15) is 266 Å². The number of phosphoric ester groups is 2. The van der Waals surface area contributed by atoms with Crippen LogP contribution >= 0.6 is 15.6 Å². The van der Waals surface area contributed by atoms with Crippen LogP contribution in [-0.2, 0) is 84.4 Å². The number of ether oxygens (including phenoxy) is 6. The number of unbranched alkanes of at least 4 members (excludes halogenated alkanes) is 24. The molecule has 0 aromatic heterocycles. The minimum atomic E-state index is -4.89. The van der Waals surface area contributed by atoms with Crippen LogP contribution in [0.2, 0.25) is 0 Å². The van der Waals surface area contributed by atoms with Gasteiger partial charge in [0.1, 0.15) is 30.8 Å². The van der Waals surface area contributed by atoms with Crippen LogP contribution in [0.4, 0.5) is 0 Å². The van der Waals surface area contributed by atoms with Gasteiger partial charge < -0.3 is 48.8 Å². The molecule has 0 radical (unpaired) electrons. The van der Waals surface area contributed by atoms with Crippen molar-refractivity contribution in [2.24, 2.45) is 0 Å². The molecule has 6 atom stereocenters. The number of nitrogens with one attached hydrogen (secondary N) is 2. The van der Waals surface area contributed by atoms with Gasteiger partial charge in [-0.2, -0.15) is 0 Å². The summed E-state index contributed by atoms with van der Waals surface area (Å²) < 4.78 is 80.8. The van der Waals surface area contributed by atoms with Crippen LogP contribution in [0, 0.1) is 142 Å². The molecule has 4 N–H and O–H groups in total. The Hall–Kier alpha value is -8.32. The summed E-state index contributed by atoms with van der Waals surface area (Å²) in [5, 5.41) is 4.71. The molecule has 4 unspecified atom stereocenters. The first-order valence-corrected chi connectivity index (χ1v) is 41.5. The Morgan fingerprint density at radius 2 is 0.606 bits per heavy atom. The second-order valence-corrected chi connectivity index (χ2v) is 27.8. The number of esters is 4. The number of hydrogen-bond acceptors (Lipinski definition) is 18. The second kappa shape index (κ2) is 73.8. The SMILES string of the molecule is CC#CC#CC#CC#CC#CC#CC(=O)OC(COCC[C@@H](CCCCCCC)OC(=O)CCCCCCCCCCC)COP(=O)(O)OCCNC(=O)CC(=O)NCCOP(=O)(O)OCC(COCC[C@@H](CCCCCCC)OC(=O)CCCCCCCCCCC)OC(=O)C#CC#CC#CC#CC#CC#CC. The van der Waals surface area contributed by atoms with Gasteiger partial charge in [-0.3, -0.25) is 37.3 Å². The van der Waals surface area contributed by atoms with E-state index in [-0.39, 0.29) is 51.5 Å². The summed E-state index contributed by atoms with van der Waals surface area (Å²) in [6.45, 7) is 8.05. The van der Waals surface area contributed by atoms with Gasteiger partial charge in [0.15, 0.2) is 0 Å². The van der Waals surface area contributed by atoms with E-state index in [4.69, 9.17) is 46.5 Å². The van der Waals surface area contributed by atoms with E-state index in [1.807, 2.05) is 0 Å². The molecule has 0 saturated carbocycles. The predicted molar refractivity (Wildman–Crippen MR) is 420 cm³/mol. The van der Waals surface area contributed by atoms with Crippen molar-refractivity contribution in [2.75, 3.05) is 65.9 Å². The maximum atomic E-state index is 13.0. The standard InChI is InChI=1S/C85H116N2O20P2/c1-7-13-19-25-29-33-35-39-43-49-55-61-84(92)106-78(72-98-67-63-76(57-51-45-23-17-11-5)104-82(90)59-53-47-41-37-31-27-21-15-9-3)74-102-108(94,95)100-69-65-86-80(88)71-81(89)87-66-70-101-109(96,97)103-75-79(107-85(93)62-56-50-44-40-36-34-30-26-20-14-8-2)73-99-68-64-77(58-52-46-24-18-12-6)105-83(91)60-54-48-42-38-32-28-22-16-10-4/h76-79H,9-12,15-18,21-24,27-28,31-32,37-38,41-42,45-48,51-54,57-60,63-75H2,1-6H3,(H,86,88)(H,87,89)(H,94,95)(H,96,97)/t76-,77-,78?,79?/m1/s1. The summed E-state index contributed by atoms with van der Waals surface area (Å²) in [5.41, 5.74) is 0. The van der Waals surface area contributed by atoms with Gasteiger partial charge in [0.2, 0.25) is 11.8 Å². The smallest absolute Gasteiger partial charge is 0.462 e. The minimum absolute atomic E-state index is 0.0658. The lowest BCUT2D eigenvalue weighted by molar-refractivity contribution is -0.152. The van der Waals surface area contributed by atoms with E-state index in [1.54, 1.807) is 13.8 Å². The summed E-state index contributed by atoms with van der Waals surface area (Å²) in [6, 6.07) is 0. The molecule has 0 fully saturated rings. The van der Waals surface area contributed by atoms with Gasteiger partial charge in [-0.15, -0.1) is 0 Å². The third-order valence-corrected chi connectivity index (χ3v) is 17.3. The fourth-order valence-corrected chi connectivity index (χ4v) is 11.3. The van der Waals surface area contributed by atoms with Crippen LogP contribution in [0.5, 0.6) is 0 Å². The normalized spacial score (nSPS) is 12.0. The molecule has 0 spiro atoms. The molecule has 0 bridgehead atoms. The molecule has 596 valence electrons. The Kier molecular flexibility index (Phi) is 68.2. The maximum Gasteiger partial charge on any atom is 0.472 e. The van der Waals surface area contributed by atoms with Gasteiger partial charge in [0, 0.05) is 50.6 Å². The lowest BCUT2D eigenvalue weighted by Crippen LogP contribution is -2.34. The molecule has 0 heterocycles. The monoisotopic (exact) mass is 1550 g/mol. The van der Waals surface area contributed by atoms with Crippen LogP contribution in [0.15, 0.2) is 0 Å². The van der Waals surface area contributed by atoms with Crippen molar-refractivity contribution in [1.29, 1.82) is 0 Å². The number of hydrogen-bond donors (Lipinski definition) is 4. The highest BCUT2D eigenvalue weighted by molar-refractivity contribution is 7.47. The molecule has 0 aliphatic carbocycles. The Morgan fingerprint density at radius 3 is 0.917 bits per heavy atom. The van der Waals surface area contributed by atoms with E-state index in [1.165, 1.54) is 64.2 Å². The maximum absolute atomic E-state index is 13.0. The van der Waals surface area contributed by atoms with Crippen molar-refractivity contribution in [3.8, 4) is 142 Å². The van der Waals surface area contributed by atoms with Gasteiger partial charge in [0.05, 0.1) is 52.9 Å². The Labute approximate surface area is 651 Å². The third-order valence-electron chi connectivity index (χ3n) is 15.4. The van der Waals surface area contributed by atoms with Gasteiger partial charge in [-0.1, -0.05) is 194 Å². The van der Waals surface area contributed by atoms with E-state index in [0.29, 0.717) is 38.5 Å². The van der Waals surface area contributed by atoms with E-state index in [0.717, 1.165) is 116 Å². The van der Waals surface area contributed by atoms with Gasteiger partial charge in [-0.05, 0) is 171 Å². The number of rotatable bonds is 62. The first kappa shape index (κ1) is 101. The Balaban J connectivity index is 5.76. The zero-order valence-corrected chi connectivity index (χ0v) is 67.1. The molecule has 0 aliphatic rings. The molecule has 0 saturated heterocycles. The molecule has 109 heavy (non-hydrogen) atoms. The molecule has 0 rings (SSSR count). The van der Waals surface area contributed by atoms with Gasteiger partial charge >= 0.3 is 39.5 Å². The first-order valence-electron chi connectivity index (χ1n) is 38.5. The Bertz CT molecular complexity index is 3330.